The quantitative estimate of drug-likeness (QED) is 0.567. The molecule has 0 saturated carbocycles. The van der Waals surface area contributed by atoms with E-state index in [1.807, 2.05) is 19.9 Å². The van der Waals surface area contributed by atoms with Gasteiger partial charge >= 0.3 is 0 Å². The number of hydrogen-bond donors (Lipinski definition) is 1. The van der Waals surface area contributed by atoms with Gasteiger partial charge in [-0.3, -0.25) is 14.4 Å². The molecule has 27 heavy (non-hydrogen) atoms. The molecule has 1 N–H and O–H groups in total. The van der Waals surface area contributed by atoms with Crippen LogP contribution in [-0.4, -0.2) is 28.2 Å². The highest BCUT2D eigenvalue weighted by Gasteiger charge is 2.18. The number of benzene rings is 1. The summed E-state index contributed by atoms with van der Waals surface area (Å²) in [7, 11) is -2.00. The Morgan fingerprint density at radius 3 is 2.59 bits per heavy atom. The minimum Gasteiger partial charge on any atom is -0.277 e. The third-order valence-electron chi connectivity index (χ3n) is 4.19. The van der Waals surface area contributed by atoms with Gasteiger partial charge in [0.2, 0.25) is 0 Å². The van der Waals surface area contributed by atoms with Gasteiger partial charge in [-0.1, -0.05) is 12.1 Å². The van der Waals surface area contributed by atoms with Gasteiger partial charge in [-0.25, -0.2) is 13.4 Å². The fourth-order valence-electron chi connectivity index (χ4n) is 2.96. The Balaban J connectivity index is 1.68. The highest BCUT2D eigenvalue weighted by molar-refractivity contribution is 7.92. The number of anilines is 1. The Labute approximate surface area is 160 Å². The molecule has 0 bridgehead atoms. The number of aryl methyl sites for hydroxylation is 3. The first kappa shape index (κ1) is 17.6. The van der Waals surface area contributed by atoms with Crippen molar-refractivity contribution in [3.8, 4) is 10.6 Å². The summed E-state index contributed by atoms with van der Waals surface area (Å²) in [5, 5.41) is 5.99. The van der Waals surface area contributed by atoms with Gasteiger partial charge in [0.15, 0.2) is 0 Å². The van der Waals surface area contributed by atoms with E-state index < -0.39 is 10.0 Å². The van der Waals surface area contributed by atoms with Crippen molar-refractivity contribution in [2.45, 2.75) is 18.7 Å². The predicted octanol–water partition coefficient (Wildman–Crippen LogP) is 3.51. The number of para-hydroxylation sites is 1. The molecule has 0 saturated heterocycles. The topological polar surface area (TPSA) is 89.8 Å². The van der Waals surface area contributed by atoms with Crippen LogP contribution in [0.1, 0.15) is 10.7 Å². The highest BCUT2D eigenvalue weighted by atomic mass is 32.2. The summed E-state index contributed by atoms with van der Waals surface area (Å²) in [4.78, 5) is 9.77. The summed E-state index contributed by atoms with van der Waals surface area (Å²) in [5.74, 6) is 0. The molecule has 7 nitrogen and oxygen atoms in total. The minimum absolute atomic E-state index is 0.101. The Bertz CT molecular complexity index is 1240. The van der Waals surface area contributed by atoms with Gasteiger partial charge in [-0.05, 0) is 32.0 Å². The summed E-state index contributed by atoms with van der Waals surface area (Å²) in [6, 6.07) is 8.66. The summed E-state index contributed by atoms with van der Waals surface area (Å²) in [6.07, 6.45) is 3.07. The fraction of sp³-hybridized carbons (Fsp3) is 0.167. The minimum atomic E-state index is -3.77. The summed E-state index contributed by atoms with van der Waals surface area (Å²) < 4.78 is 29.9. The Kier molecular flexibility index (Phi) is 4.20. The molecule has 3 aromatic heterocycles. The lowest BCUT2D eigenvalue weighted by molar-refractivity contribution is 0.601. The monoisotopic (exact) mass is 399 g/mol. The molecule has 0 amide bonds. The fourth-order valence-corrected chi connectivity index (χ4v) is 4.87. The molecule has 0 aliphatic carbocycles. The normalized spacial score (nSPS) is 11.8. The van der Waals surface area contributed by atoms with Gasteiger partial charge in [0, 0.05) is 18.6 Å². The lowest BCUT2D eigenvalue weighted by Gasteiger charge is -2.10. The zero-order valence-corrected chi connectivity index (χ0v) is 16.6. The molecule has 0 aliphatic heterocycles. The van der Waals surface area contributed by atoms with E-state index in [-0.39, 0.29) is 4.90 Å². The van der Waals surface area contributed by atoms with Crippen LogP contribution in [0.4, 0.5) is 5.69 Å². The number of hydrogen-bond acceptors (Lipinski definition) is 6. The first-order valence-electron chi connectivity index (χ1n) is 8.19. The maximum atomic E-state index is 12.8. The van der Waals surface area contributed by atoms with Crippen LogP contribution in [0.5, 0.6) is 0 Å². The van der Waals surface area contributed by atoms with Crippen LogP contribution in [0.15, 0.2) is 47.6 Å². The van der Waals surface area contributed by atoms with E-state index in [0.29, 0.717) is 11.4 Å². The van der Waals surface area contributed by atoms with Gasteiger partial charge in [-0.2, -0.15) is 5.10 Å². The summed E-state index contributed by atoms with van der Waals surface area (Å²) >= 11 is 1.54. The Hall–Kier alpha value is -2.78. The molecule has 9 heteroatoms. The van der Waals surface area contributed by atoms with Crippen molar-refractivity contribution < 1.29 is 8.42 Å². The Morgan fingerprint density at radius 2 is 1.93 bits per heavy atom. The molecule has 4 rings (SSSR count). The van der Waals surface area contributed by atoms with Gasteiger partial charge in [0.1, 0.15) is 4.90 Å². The van der Waals surface area contributed by atoms with Gasteiger partial charge < -0.3 is 0 Å². The zero-order valence-electron chi connectivity index (χ0n) is 15.0. The number of rotatable bonds is 4. The first-order valence-corrected chi connectivity index (χ1v) is 10.5. The maximum absolute atomic E-state index is 12.8. The van der Waals surface area contributed by atoms with E-state index in [1.165, 1.54) is 17.5 Å². The summed E-state index contributed by atoms with van der Waals surface area (Å²) in [5.41, 5.74) is 2.80. The van der Waals surface area contributed by atoms with Crippen LogP contribution in [0.25, 0.3) is 21.5 Å². The molecule has 0 radical (unpaired) electrons. The van der Waals surface area contributed by atoms with E-state index >= 15 is 0 Å². The number of nitrogens with zero attached hydrogens (tertiary/aromatic N) is 4. The van der Waals surface area contributed by atoms with E-state index in [4.69, 9.17) is 0 Å². The SMILES string of the molecule is Cc1nc(C)c(-c2ccc(S(=O)(=O)Nc3cccc4cnn(C)c34)cn2)s1. The maximum Gasteiger partial charge on any atom is 0.263 e. The van der Waals surface area contributed by atoms with Gasteiger partial charge in [0.25, 0.3) is 10.0 Å². The van der Waals surface area contributed by atoms with E-state index in [0.717, 1.165) is 26.5 Å². The molecular weight excluding hydrogens is 382 g/mol. The molecule has 1 aromatic carbocycles. The van der Waals surface area contributed by atoms with E-state index in [9.17, 15) is 8.42 Å². The van der Waals surface area contributed by atoms with Crippen LogP contribution >= 0.6 is 11.3 Å². The highest BCUT2D eigenvalue weighted by Crippen LogP contribution is 2.29. The van der Waals surface area contributed by atoms with Crippen LogP contribution in [0.3, 0.4) is 0 Å². The van der Waals surface area contributed by atoms with Crippen molar-refractivity contribution in [3.05, 3.63) is 53.4 Å². The third kappa shape index (κ3) is 3.19. The van der Waals surface area contributed by atoms with Crippen LogP contribution in [0.2, 0.25) is 0 Å². The third-order valence-corrected chi connectivity index (χ3v) is 6.63. The second kappa shape index (κ2) is 6.43. The van der Waals surface area contributed by atoms with Crippen molar-refractivity contribution in [3.63, 3.8) is 0 Å². The number of pyridine rings is 1. The number of nitrogens with one attached hydrogen (secondary N) is 1. The number of sulfonamides is 1. The lowest BCUT2D eigenvalue weighted by atomic mass is 10.2. The average molecular weight is 400 g/mol. The summed E-state index contributed by atoms with van der Waals surface area (Å²) in [6.45, 7) is 3.85. The van der Waals surface area contributed by atoms with Gasteiger partial charge in [0.05, 0.1) is 38.7 Å². The number of thiazole rings is 1. The molecule has 4 aromatic rings. The second-order valence-corrected chi connectivity index (χ2v) is 9.03. The number of fused-ring (bicyclic) bond motifs is 1. The number of aromatic nitrogens is 4. The average Bonchev–Trinajstić information content (AvgIpc) is 3.17. The molecule has 138 valence electrons. The van der Waals surface area contributed by atoms with Crippen LogP contribution in [-0.2, 0) is 17.1 Å². The molecule has 0 aliphatic rings. The standard InChI is InChI=1S/C18H17N5O2S2/c1-11-18(26-12(2)21-11)16-8-7-14(10-19-16)27(24,25)22-15-6-4-5-13-9-20-23(3)17(13)15/h4-10,22H,1-3H3. The second-order valence-electron chi connectivity index (χ2n) is 6.14. The smallest absolute Gasteiger partial charge is 0.263 e. The van der Waals surface area contributed by atoms with Crippen LogP contribution in [0, 0.1) is 13.8 Å². The van der Waals surface area contributed by atoms with Crippen molar-refractivity contribution in [1.29, 1.82) is 0 Å². The first-order chi connectivity index (χ1) is 12.8. The molecular formula is C18H17N5O2S2. The van der Waals surface area contributed by atoms with E-state index in [1.54, 1.807) is 42.2 Å². The van der Waals surface area contributed by atoms with Crippen molar-refractivity contribution in [1.82, 2.24) is 19.7 Å². The van der Waals surface area contributed by atoms with Crippen molar-refractivity contribution >= 4 is 38.0 Å². The molecule has 0 unspecified atom stereocenters. The van der Waals surface area contributed by atoms with Gasteiger partial charge in [-0.15, -0.1) is 11.3 Å². The Morgan fingerprint density at radius 1 is 1.11 bits per heavy atom. The van der Waals surface area contributed by atoms with Crippen LogP contribution < -0.4 is 4.72 Å². The molecule has 0 fully saturated rings. The van der Waals surface area contributed by atoms with E-state index in [2.05, 4.69) is 19.8 Å². The molecule has 0 spiro atoms. The van der Waals surface area contributed by atoms with Crippen molar-refractivity contribution in [2.24, 2.45) is 7.05 Å². The molecule has 0 atom stereocenters. The zero-order chi connectivity index (χ0) is 19.2. The predicted molar refractivity (Wildman–Crippen MR) is 106 cm³/mol. The van der Waals surface area contributed by atoms with Crippen molar-refractivity contribution in [2.75, 3.05) is 4.72 Å². The lowest BCUT2D eigenvalue weighted by Crippen LogP contribution is -2.14. The largest absolute Gasteiger partial charge is 0.277 e. The molecule has 3 heterocycles.